The third-order valence-corrected chi connectivity index (χ3v) is 8.03. The van der Waals surface area contributed by atoms with Gasteiger partial charge in [0.2, 0.25) is 5.88 Å². The van der Waals surface area contributed by atoms with Gasteiger partial charge in [0, 0.05) is 25.7 Å². The minimum absolute atomic E-state index is 0.00918. The van der Waals surface area contributed by atoms with Crippen LogP contribution in [0, 0.1) is 24.7 Å². The number of carboxylic acid groups (broad SMARTS) is 1. The summed E-state index contributed by atoms with van der Waals surface area (Å²) in [5.41, 5.74) is 2.71. The lowest BCUT2D eigenvalue weighted by Crippen LogP contribution is -2.21. The van der Waals surface area contributed by atoms with Crippen LogP contribution in [0.15, 0.2) is 24.4 Å². The second-order valence-corrected chi connectivity index (χ2v) is 10.5. The van der Waals surface area contributed by atoms with Crippen LogP contribution in [0.1, 0.15) is 43.5 Å². The molecule has 2 saturated carbocycles. The summed E-state index contributed by atoms with van der Waals surface area (Å²) in [6.45, 7) is 3.28. The molecular weight excluding hydrogens is 504 g/mol. The molecule has 3 aliphatic rings. The van der Waals surface area contributed by atoms with E-state index < -0.39 is 5.97 Å². The Morgan fingerprint density at radius 3 is 2.82 bits per heavy atom. The topological polar surface area (TPSA) is 144 Å². The summed E-state index contributed by atoms with van der Waals surface area (Å²) in [6, 6.07) is 5.65. The van der Waals surface area contributed by atoms with Crippen LogP contribution in [0.5, 0.6) is 17.6 Å². The molecule has 3 fully saturated rings. The van der Waals surface area contributed by atoms with Crippen LogP contribution in [0.2, 0.25) is 0 Å². The predicted molar refractivity (Wildman–Crippen MR) is 136 cm³/mol. The molecule has 1 N–H and O–H groups in total. The van der Waals surface area contributed by atoms with E-state index in [2.05, 4.69) is 20.3 Å². The SMILES string of the molecule is Cc1nc(-c2nnn(C)c2COc2nccc(O[C@@H]3CCOC3)n2)ccc1O[C@H]1C[C@@H]2CC[C@H](C(=O)O)[C@@H]2C1. The summed E-state index contributed by atoms with van der Waals surface area (Å²) in [4.78, 5) is 24.9. The molecule has 2 aliphatic carbocycles. The maximum Gasteiger partial charge on any atom is 0.320 e. The fraction of sp³-hybridized carbons (Fsp3) is 0.556. The zero-order valence-corrected chi connectivity index (χ0v) is 22.0. The Morgan fingerprint density at radius 1 is 1.13 bits per heavy atom. The summed E-state index contributed by atoms with van der Waals surface area (Å²) in [7, 11) is 1.79. The monoisotopic (exact) mass is 536 g/mol. The van der Waals surface area contributed by atoms with Crippen molar-refractivity contribution in [3.8, 4) is 29.0 Å². The van der Waals surface area contributed by atoms with Gasteiger partial charge in [0.1, 0.15) is 29.8 Å². The Balaban J connectivity index is 1.11. The Bertz CT molecular complexity index is 1340. The standard InChI is InChI=1S/C27H32N6O6/c1-15-23(38-18-11-16-3-4-19(26(34)35)20(16)12-18)6-5-21(29-15)25-22(33(2)32-31-25)14-37-27-28-9-7-24(30-27)39-17-8-10-36-13-17/h5-7,9,16-20H,3-4,8,10-14H2,1-2H3,(H,34,35)/t16-,17+,18-,19-,20+/m0/s1. The zero-order valence-electron chi connectivity index (χ0n) is 22.0. The number of carbonyl (C=O) groups is 1. The van der Waals surface area contributed by atoms with Crippen LogP contribution < -0.4 is 14.2 Å². The molecule has 0 unspecified atom stereocenters. The van der Waals surface area contributed by atoms with Crippen molar-refractivity contribution in [1.82, 2.24) is 29.9 Å². The molecule has 0 amide bonds. The van der Waals surface area contributed by atoms with Gasteiger partial charge in [0.15, 0.2) is 0 Å². The number of hydrogen-bond acceptors (Lipinski definition) is 10. The van der Waals surface area contributed by atoms with Crippen molar-refractivity contribution < 1.29 is 28.8 Å². The fourth-order valence-electron chi connectivity index (χ4n) is 6.03. The van der Waals surface area contributed by atoms with Crippen molar-refractivity contribution in [2.45, 2.75) is 57.8 Å². The molecule has 3 aromatic heterocycles. The molecule has 1 aliphatic heterocycles. The second-order valence-electron chi connectivity index (χ2n) is 10.5. The number of pyridine rings is 1. The van der Waals surface area contributed by atoms with Gasteiger partial charge < -0.3 is 24.1 Å². The molecule has 3 aromatic rings. The minimum atomic E-state index is -0.680. The summed E-state index contributed by atoms with van der Waals surface area (Å²) >= 11 is 0. The third kappa shape index (κ3) is 5.38. The Morgan fingerprint density at radius 2 is 2.03 bits per heavy atom. The highest BCUT2D eigenvalue weighted by molar-refractivity contribution is 5.71. The molecule has 5 atom stereocenters. The maximum absolute atomic E-state index is 11.6. The smallest absolute Gasteiger partial charge is 0.320 e. The lowest BCUT2D eigenvalue weighted by Gasteiger charge is -2.18. The number of hydrogen-bond donors (Lipinski definition) is 1. The maximum atomic E-state index is 11.6. The number of aryl methyl sites for hydroxylation is 2. The van der Waals surface area contributed by atoms with Crippen molar-refractivity contribution in [3.05, 3.63) is 35.8 Å². The summed E-state index contributed by atoms with van der Waals surface area (Å²) in [5, 5.41) is 18.0. The molecule has 1 saturated heterocycles. The van der Waals surface area contributed by atoms with Crippen LogP contribution in [0.25, 0.3) is 11.4 Å². The molecule has 0 spiro atoms. The molecule has 0 bridgehead atoms. The molecular formula is C27H32N6O6. The highest BCUT2D eigenvalue weighted by Crippen LogP contribution is 2.48. The van der Waals surface area contributed by atoms with Crippen LogP contribution in [-0.4, -0.2) is 66.4 Å². The van der Waals surface area contributed by atoms with E-state index in [1.807, 2.05) is 19.1 Å². The Labute approximate surface area is 225 Å². The average Bonchev–Trinajstić information content (AvgIpc) is 3.70. The summed E-state index contributed by atoms with van der Waals surface area (Å²) in [6.07, 6.45) is 5.82. The number of aliphatic carboxylic acids is 1. The highest BCUT2D eigenvalue weighted by atomic mass is 16.6. The van der Waals surface area contributed by atoms with Crippen LogP contribution in [0.4, 0.5) is 0 Å². The van der Waals surface area contributed by atoms with Crippen LogP contribution >= 0.6 is 0 Å². The molecule has 0 aromatic carbocycles. The number of ether oxygens (including phenoxy) is 4. The molecule has 4 heterocycles. The number of nitrogens with zero attached hydrogens (tertiary/aromatic N) is 6. The van der Waals surface area contributed by atoms with Gasteiger partial charge in [0.05, 0.1) is 36.6 Å². The van der Waals surface area contributed by atoms with Gasteiger partial charge >= 0.3 is 12.0 Å². The van der Waals surface area contributed by atoms with Gasteiger partial charge in [-0.1, -0.05) is 5.21 Å². The highest BCUT2D eigenvalue weighted by Gasteiger charge is 2.47. The van der Waals surface area contributed by atoms with Crippen LogP contribution in [-0.2, 0) is 23.2 Å². The van der Waals surface area contributed by atoms with Gasteiger partial charge in [-0.2, -0.15) is 4.98 Å². The van der Waals surface area contributed by atoms with Crippen molar-refractivity contribution in [2.75, 3.05) is 13.2 Å². The molecule has 12 heteroatoms. The molecule has 12 nitrogen and oxygen atoms in total. The first-order valence-electron chi connectivity index (χ1n) is 13.4. The first-order valence-corrected chi connectivity index (χ1v) is 13.4. The molecule has 6 rings (SSSR count). The normalized spacial score (nSPS) is 25.9. The first-order chi connectivity index (χ1) is 18.9. The minimum Gasteiger partial charge on any atom is -0.489 e. The van der Waals surface area contributed by atoms with Gasteiger partial charge in [0.25, 0.3) is 0 Å². The van der Waals surface area contributed by atoms with Crippen LogP contribution in [0.3, 0.4) is 0 Å². The van der Waals surface area contributed by atoms with Gasteiger partial charge in [-0.3, -0.25) is 4.79 Å². The number of carboxylic acids is 1. The van der Waals surface area contributed by atoms with E-state index in [1.54, 1.807) is 24.0 Å². The molecule has 0 radical (unpaired) electrons. The Hall–Kier alpha value is -3.80. The largest absolute Gasteiger partial charge is 0.489 e. The summed E-state index contributed by atoms with van der Waals surface area (Å²) < 4.78 is 25.0. The first kappa shape index (κ1) is 25.5. The number of aromatic nitrogens is 6. The second kappa shape index (κ2) is 10.8. The van der Waals surface area contributed by atoms with Gasteiger partial charge in [-0.05, 0) is 56.6 Å². The third-order valence-electron chi connectivity index (χ3n) is 8.03. The van der Waals surface area contributed by atoms with E-state index >= 15 is 0 Å². The van der Waals surface area contributed by atoms with E-state index in [9.17, 15) is 9.90 Å². The quantitative estimate of drug-likeness (QED) is 0.431. The van der Waals surface area contributed by atoms with Crippen molar-refractivity contribution in [1.29, 1.82) is 0 Å². The van der Waals surface area contributed by atoms with Crippen molar-refractivity contribution >= 4 is 5.97 Å². The van der Waals surface area contributed by atoms with Gasteiger partial charge in [-0.25, -0.2) is 14.6 Å². The van der Waals surface area contributed by atoms with Gasteiger partial charge in [-0.15, -0.1) is 5.10 Å². The number of fused-ring (bicyclic) bond motifs is 1. The fourth-order valence-corrected chi connectivity index (χ4v) is 6.03. The molecule has 39 heavy (non-hydrogen) atoms. The van der Waals surface area contributed by atoms with E-state index in [0.717, 1.165) is 43.5 Å². The van der Waals surface area contributed by atoms with Crippen molar-refractivity contribution in [3.63, 3.8) is 0 Å². The Kier molecular flexibility index (Phi) is 7.03. The zero-order chi connectivity index (χ0) is 26.9. The summed E-state index contributed by atoms with van der Waals surface area (Å²) in [5.74, 6) is 0.853. The van der Waals surface area contributed by atoms with Crippen molar-refractivity contribution in [2.24, 2.45) is 24.8 Å². The van der Waals surface area contributed by atoms with E-state index in [0.29, 0.717) is 42.1 Å². The van der Waals surface area contributed by atoms with E-state index in [-0.39, 0.29) is 36.7 Å². The lowest BCUT2D eigenvalue weighted by molar-refractivity contribution is -0.143. The van der Waals surface area contributed by atoms with E-state index in [4.69, 9.17) is 23.9 Å². The van der Waals surface area contributed by atoms with E-state index in [1.165, 1.54) is 0 Å². The molecule has 206 valence electrons. The predicted octanol–water partition coefficient (Wildman–Crippen LogP) is 2.99. The lowest BCUT2D eigenvalue weighted by atomic mass is 9.92. The number of rotatable bonds is 9. The average molecular weight is 537 g/mol.